The van der Waals surface area contributed by atoms with Crippen LogP contribution in [-0.2, 0) is 0 Å². The van der Waals surface area contributed by atoms with Gasteiger partial charge in [0, 0.05) is 49.4 Å². The topological polar surface area (TPSA) is 91.7 Å². The van der Waals surface area contributed by atoms with E-state index >= 15 is 0 Å². The predicted molar refractivity (Wildman–Crippen MR) is 132 cm³/mol. The van der Waals surface area contributed by atoms with E-state index in [0.717, 1.165) is 30.7 Å². The van der Waals surface area contributed by atoms with Crippen molar-refractivity contribution in [2.45, 2.75) is 32.5 Å². The molecule has 190 valence electrons. The van der Waals surface area contributed by atoms with E-state index in [2.05, 4.69) is 32.3 Å². The van der Waals surface area contributed by atoms with Gasteiger partial charge >= 0.3 is 6.61 Å². The summed E-state index contributed by atoms with van der Waals surface area (Å²) in [6.07, 6.45) is 0. The van der Waals surface area contributed by atoms with Gasteiger partial charge < -0.3 is 29.7 Å². The minimum absolute atomic E-state index is 0.0310. The van der Waals surface area contributed by atoms with E-state index in [0.29, 0.717) is 17.9 Å². The van der Waals surface area contributed by atoms with E-state index in [-0.39, 0.29) is 35.1 Å². The third-order valence-electron chi connectivity index (χ3n) is 6.74. The van der Waals surface area contributed by atoms with E-state index < -0.39 is 12.5 Å². The Hall–Kier alpha value is -3.73. The molecule has 1 aromatic carbocycles. The van der Waals surface area contributed by atoms with Crippen LogP contribution in [0.2, 0.25) is 0 Å². The number of nitrogens with one attached hydrogen (secondary N) is 2. The van der Waals surface area contributed by atoms with Crippen LogP contribution in [0, 0.1) is 0 Å². The zero-order chi connectivity index (χ0) is 25.6. The summed E-state index contributed by atoms with van der Waals surface area (Å²) in [5.74, 6) is -0.880. The monoisotopic (exact) mass is 498 g/mol. The molecule has 0 bridgehead atoms. The van der Waals surface area contributed by atoms with Gasteiger partial charge in [-0.15, -0.1) is 0 Å². The highest BCUT2D eigenvalue weighted by Crippen LogP contribution is 2.33. The lowest BCUT2D eigenvalue weighted by atomic mass is 10.1. The molecule has 2 amide bonds. The molecule has 3 aromatic rings. The lowest BCUT2D eigenvalue weighted by molar-refractivity contribution is -0.0493. The highest BCUT2D eigenvalue weighted by atomic mass is 19.3. The van der Waals surface area contributed by atoms with Crippen molar-refractivity contribution in [3.05, 3.63) is 47.8 Å². The summed E-state index contributed by atoms with van der Waals surface area (Å²) in [6, 6.07) is 10.0. The third-order valence-corrected chi connectivity index (χ3v) is 6.74. The molecule has 5 rings (SSSR count). The van der Waals surface area contributed by atoms with E-state index in [1.807, 2.05) is 18.5 Å². The van der Waals surface area contributed by atoms with Crippen molar-refractivity contribution in [1.82, 2.24) is 19.8 Å². The number of pyridine rings is 1. The molecular formula is C25H28F2N6O3. The van der Waals surface area contributed by atoms with Crippen LogP contribution in [0.5, 0.6) is 5.75 Å². The first kappa shape index (κ1) is 24.0. The molecule has 2 aliphatic rings. The Morgan fingerprint density at radius 3 is 2.72 bits per heavy atom. The Labute approximate surface area is 207 Å². The van der Waals surface area contributed by atoms with E-state index in [9.17, 15) is 18.4 Å². The molecule has 0 saturated carbocycles. The Bertz CT molecular complexity index is 1330. The van der Waals surface area contributed by atoms with E-state index in [1.54, 1.807) is 30.3 Å². The Morgan fingerprint density at radius 1 is 1.17 bits per heavy atom. The Morgan fingerprint density at radius 2 is 1.97 bits per heavy atom. The van der Waals surface area contributed by atoms with Crippen molar-refractivity contribution in [3.8, 4) is 5.75 Å². The maximum Gasteiger partial charge on any atom is 0.387 e. The molecule has 4 heterocycles. The van der Waals surface area contributed by atoms with E-state index in [1.165, 1.54) is 6.07 Å². The number of piperazine rings is 1. The highest BCUT2D eigenvalue weighted by Gasteiger charge is 2.27. The molecule has 1 saturated heterocycles. The van der Waals surface area contributed by atoms with Gasteiger partial charge in [0.05, 0.1) is 11.7 Å². The lowest BCUT2D eigenvalue weighted by Gasteiger charge is -2.40. The molecule has 0 radical (unpaired) electrons. The van der Waals surface area contributed by atoms with Crippen molar-refractivity contribution in [1.29, 1.82) is 0 Å². The zero-order valence-electron chi connectivity index (χ0n) is 20.3. The second kappa shape index (κ2) is 9.38. The number of aromatic nitrogens is 2. The average Bonchev–Trinajstić information content (AvgIpc) is 3.22. The molecule has 2 N–H and O–H groups in total. The minimum Gasteiger partial charge on any atom is -0.433 e. The number of fused-ring (bicyclic) bond motifs is 3. The first-order chi connectivity index (χ1) is 17.2. The quantitative estimate of drug-likeness (QED) is 0.561. The number of hydrogen-bond donors (Lipinski definition) is 2. The molecule has 2 aliphatic heterocycles. The van der Waals surface area contributed by atoms with Gasteiger partial charge in [0.15, 0.2) is 5.75 Å². The summed E-state index contributed by atoms with van der Waals surface area (Å²) in [5.41, 5.74) is 1.97. The number of carbonyl (C=O) groups excluding carboxylic acids is 2. The maximum atomic E-state index is 13.2. The molecule has 36 heavy (non-hydrogen) atoms. The van der Waals surface area contributed by atoms with Crippen molar-refractivity contribution in [2.24, 2.45) is 0 Å². The number of anilines is 2. The predicted octanol–water partition coefficient (Wildman–Crippen LogP) is 3.33. The van der Waals surface area contributed by atoms with Gasteiger partial charge in [-0.3, -0.25) is 9.59 Å². The number of alkyl halides is 2. The molecule has 0 spiro atoms. The van der Waals surface area contributed by atoms with Crippen LogP contribution < -0.4 is 20.3 Å². The fraction of sp³-hybridized carbons (Fsp3) is 0.400. The number of halogens is 2. The van der Waals surface area contributed by atoms with Crippen molar-refractivity contribution in [2.75, 3.05) is 43.4 Å². The first-order valence-electron chi connectivity index (χ1n) is 11.9. The van der Waals surface area contributed by atoms with Gasteiger partial charge in [0.25, 0.3) is 11.8 Å². The summed E-state index contributed by atoms with van der Waals surface area (Å²) < 4.78 is 33.0. The highest BCUT2D eigenvalue weighted by molar-refractivity contribution is 6.05. The standard InChI is InChI=1S/C25H28F2N6O3/c1-14-12-28-24(35)20-10-16-4-6-19(29-22(16)33(14)20)23(34)30-18-7-5-17(11-21(18)36-25(26)27)32-9-8-31(3)13-15(32)2/h4-7,10-11,14-15,25H,8-9,12-13H2,1-3H3,(H,28,35)(H,30,34)/t14-,15-/m1/s1. The molecule has 0 unspecified atom stereocenters. The largest absolute Gasteiger partial charge is 0.433 e. The van der Waals surface area contributed by atoms with Crippen LogP contribution in [-0.4, -0.2) is 72.1 Å². The van der Waals surface area contributed by atoms with Crippen LogP contribution >= 0.6 is 0 Å². The smallest absolute Gasteiger partial charge is 0.387 e. The van der Waals surface area contributed by atoms with Crippen LogP contribution in [0.25, 0.3) is 11.0 Å². The average molecular weight is 499 g/mol. The molecule has 11 heteroatoms. The van der Waals surface area contributed by atoms with Crippen LogP contribution in [0.4, 0.5) is 20.2 Å². The van der Waals surface area contributed by atoms with Crippen molar-refractivity contribution >= 4 is 34.2 Å². The minimum atomic E-state index is -3.05. The summed E-state index contributed by atoms with van der Waals surface area (Å²) in [4.78, 5) is 34.2. The molecule has 2 atom stereocenters. The number of amides is 2. The molecule has 9 nitrogen and oxygen atoms in total. The Balaban J connectivity index is 1.43. The normalized spacial score (nSPS) is 20.4. The molecular weight excluding hydrogens is 470 g/mol. The van der Waals surface area contributed by atoms with Gasteiger partial charge in [-0.05, 0) is 51.2 Å². The number of rotatable bonds is 5. The summed E-state index contributed by atoms with van der Waals surface area (Å²) >= 11 is 0. The molecule has 2 aromatic heterocycles. The number of benzene rings is 1. The number of hydrogen-bond acceptors (Lipinski definition) is 6. The summed E-state index contributed by atoms with van der Waals surface area (Å²) in [5, 5.41) is 6.22. The zero-order valence-corrected chi connectivity index (χ0v) is 20.3. The second-order valence-corrected chi connectivity index (χ2v) is 9.39. The van der Waals surface area contributed by atoms with Crippen LogP contribution in [0.3, 0.4) is 0 Å². The SMILES string of the molecule is C[C@@H]1CN(C)CCN1c1ccc(NC(=O)c2ccc3cc4n(c3n2)[C@H](C)CNC4=O)c(OC(F)F)c1. The molecule has 1 fully saturated rings. The first-order valence-corrected chi connectivity index (χ1v) is 11.9. The molecule has 0 aliphatic carbocycles. The van der Waals surface area contributed by atoms with Crippen molar-refractivity contribution in [3.63, 3.8) is 0 Å². The Kier molecular flexibility index (Phi) is 6.25. The number of nitrogens with zero attached hydrogens (tertiary/aromatic N) is 4. The van der Waals surface area contributed by atoms with Gasteiger partial charge in [-0.1, -0.05) is 0 Å². The summed E-state index contributed by atoms with van der Waals surface area (Å²) in [7, 11) is 2.04. The van der Waals surface area contributed by atoms with Crippen LogP contribution in [0.1, 0.15) is 40.9 Å². The number of likely N-dealkylation sites (N-methyl/N-ethyl adjacent to an activating group) is 1. The number of ether oxygens (including phenoxy) is 1. The fourth-order valence-corrected chi connectivity index (χ4v) is 4.96. The number of carbonyl (C=O) groups is 2. The van der Waals surface area contributed by atoms with Gasteiger partial charge in [0.2, 0.25) is 0 Å². The second-order valence-electron chi connectivity index (χ2n) is 9.39. The van der Waals surface area contributed by atoms with Gasteiger partial charge in [-0.25, -0.2) is 4.98 Å². The summed E-state index contributed by atoms with van der Waals surface area (Å²) in [6.45, 7) is 3.89. The fourth-order valence-electron chi connectivity index (χ4n) is 4.96. The maximum absolute atomic E-state index is 13.2. The van der Waals surface area contributed by atoms with Gasteiger partial charge in [0.1, 0.15) is 17.0 Å². The lowest BCUT2D eigenvalue weighted by Crippen LogP contribution is -2.50. The third kappa shape index (κ3) is 4.46. The van der Waals surface area contributed by atoms with Crippen molar-refractivity contribution < 1.29 is 23.1 Å². The van der Waals surface area contributed by atoms with Crippen LogP contribution in [0.15, 0.2) is 36.4 Å². The van der Waals surface area contributed by atoms with E-state index in [4.69, 9.17) is 4.74 Å². The van der Waals surface area contributed by atoms with Gasteiger partial charge in [-0.2, -0.15) is 8.78 Å².